The first-order valence-electron chi connectivity index (χ1n) is 8.10. The molecule has 0 atom stereocenters. The summed E-state index contributed by atoms with van der Waals surface area (Å²) in [5.74, 6) is -0.956. The van der Waals surface area contributed by atoms with Crippen LogP contribution >= 0.6 is 0 Å². The molecule has 2 aromatic carbocycles. The van der Waals surface area contributed by atoms with E-state index in [0.717, 1.165) is 11.1 Å². The van der Waals surface area contributed by atoms with Gasteiger partial charge in [0.15, 0.2) is 0 Å². The standard InChI is InChI=1S/C18H19N3O4S/c1-4-19-15-9-5-8-14-13(15)7-6-10-16(14)26(23,24)21-18(22)17-11(2)12(3)20-25-17/h5-10,19H,4H2,1-3H3,(H,21,22). The Kier molecular flexibility index (Phi) is 4.69. The highest BCUT2D eigenvalue weighted by Gasteiger charge is 2.25. The first kappa shape index (κ1) is 17.9. The molecule has 0 saturated heterocycles. The summed E-state index contributed by atoms with van der Waals surface area (Å²) in [6, 6.07) is 10.3. The Labute approximate surface area is 151 Å². The summed E-state index contributed by atoms with van der Waals surface area (Å²) < 4.78 is 32.6. The third-order valence-electron chi connectivity index (χ3n) is 4.13. The lowest BCUT2D eigenvalue weighted by Crippen LogP contribution is -2.31. The van der Waals surface area contributed by atoms with Gasteiger partial charge in [0, 0.05) is 28.6 Å². The molecule has 3 aromatic rings. The first-order chi connectivity index (χ1) is 12.3. The molecule has 0 radical (unpaired) electrons. The number of aryl methyl sites for hydroxylation is 1. The van der Waals surface area contributed by atoms with Crippen LogP contribution in [0, 0.1) is 13.8 Å². The molecule has 1 amide bonds. The molecule has 2 N–H and O–H groups in total. The summed E-state index contributed by atoms with van der Waals surface area (Å²) in [5, 5.41) is 8.17. The lowest BCUT2D eigenvalue weighted by molar-refractivity contribution is 0.0944. The molecule has 26 heavy (non-hydrogen) atoms. The van der Waals surface area contributed by atoms with Gasteiger partial charge in [-0.3, -0.25) is 4.79 Å². The van der Waals surface area contributed by atoms with Gasteiger partial charge in [-0.05, 0) is 32.9 Å². The van der Waals surface area contributed by atoms with E-state index >= 15 is 0 Å². The van der Waals surface area contributed by atoms with Crippen molar-refractivity contribution in [3.8, 4) is 0 Å². The average Bonchev–Trinajstić information content (AvgIpc) is 2.94. The number of nitrogens with zero attached hydrogens (tertiary/aromatic N) is 1. The van der Waals surface area contributed by atoms with E-state index in [2.05, 4.69) is 15.2 Å². The number of nitrogens with one attached hydrogen (secondary N) is 2. The lowest BCUT2D eigenvalue weighted by atomic mass is 10.1. The fraction of sp³-hybridized carbons (Fsp3) is 0.222. The van der Waals surface area contributed by atoms with Crippen LogP contribution in [0.15, 0.2) is 45.8 Å². The number of anilines is 1. The molecule has 7 nitrogen and oxygen atoms in total. The Bertz CT molecular complexity index is 1090. The zero-order valence-corrected chi connectivity index (χ0v) is 15.5. The molecule has 0 fully saturated rings. The predicted octanol–water partition coefficient (Wildman–Crippen LogP) is 3.00. The molecule has 0 spiro atoms. The minimum Gasteiger partial charge on any atom is -0.385 e. The Morgan fingerprint density at radius 1 is 1.12 bits per heavy atom. The Balaban J connectivity index is 2.03. The highest BCUT2D eigenvalue weighted by Crippen LogP contribution is 2.29. The van der Waals surface area contributed by atoms with E-state index < -0.39 is 15.9 Å². The van der Waals surface area contributed by atoms with Crippen molar-refractivity contribution in [1.82, 2.24) is 9.88 Å². The largest absolute Gasteiger partial charge is 0.385 e. The van der Waals surface area contributed by atoms with Crippen molar-refractivity contribution in [2.45, 2.75) is 25.7 Å². The van der Waals surface area contributed by atoms with Gasteiger partial charge in [-0.1, -0.05) is 29.4 Å². The summed E-state index contributed by atoms with van der Waals surface area (Å²) in [4.78, 5) is 12.4. The summed E-state index contributed by atoms with van der Waals surface area (Å²) in [7, 11) is -4.09. The minimum atomic E-state index is -4.09. The third kappa shape index (κ3) is 3.15. The topological polar surface area (TPSA) is 101 Å². The molecule has 0 aliphatic rings. The molecule has 3 rings (SSSR count). The molecule has 1 aromatic heterocycles. The summed E-state index contributed by atoms with van der Waals surface area (Å²) >= 11 is 0. The number of fused-ring (bicyclic) bond motifs is 1. The molecule has 136 valence electrons. The van der Waals surface area contributed by atoms with Crippen molar-refractivity contribution in [2.24, 2.45) is 0 Å². The Morgan fingerprint density at radius 3 is 2.46 bits per heavy atom. The number of carbonyl (C=O) groups excluding carboxylic acids is 1. The average molecular weight is 373 g/mol. The van der Waals surface area contributed by atoms with E-state index in [9.17, 15) is 13.2 Å². The van der Waals surface area contributed by atoms with Gasteiger partial charge in [-0.25, -0.2) is 13.1 Å². The van der Waals surface area contributed by atoms with Crippen LogP contribution in [0.1, 0.15) is 28.7 Å². The second-order valence-corrected chi connectivity index (χ2v) is 7.49. The van der Waals surface area contributed by atoms with Crippen molar-refractivity contribution in [3.63, 3.8) is 0 Å². The first-order valence-corrected chi connectivity index (χ1v) is 9.59. The number of benzene rings is 2. The number of hydrogen-bond donors (Lipinski definition) is 2. The number of sulfonamides is 1. The van der Waals surface area contributed by atoms with E-state index in [1.54, 1.807) is 32.0 Å². The van der Waals surface area contributed by atoms with Crippen LogP contribution in [0.5, 0.6) is 0 Å². The quantitative estimate of drug-likeness (QED) is 0.713. The van der Waals surface area contributed by atoms with Crippen molar-refractivity contribution < 1.29 is 17.7 Å². The molecular formula is C18H19N3O4S. The van der Waals surface area contributed by atoms with Gasteiger partial charge in [0.2, 0.25) is 5.76 Å². The number of amides is 1. The van der Waals surface area contributed by atoms with Gasteiger partial charge >= 0.3 is 5.91 Å². The zero-order valence-electron chi connectivity index (χ0n) is 14.7. The monoisotopic (exact) mass is 373 g/mol. The zero-order chi connectivity index (χ0) is 18.9. The van der Waals surface area contributed by atoms with Gasteiger partial charge < -0.3 is 9.84 Å². The van der Waals surface area contributed by atoms with Crippen molar-refractivity contribution in [1.29, 1.82) is 0 Å². The van der Waals surface area contributed by atoms with Crippen LogP contribution < -0.4 is 10.0 Å². The maximum absolute atomic E-state index is 12.8. The summed E-state index contributed by atoms with van der Waals surface area (Å²) in [6.45, 7) is 5.99. The van der Waals surface area contributed by atoms with Crippen LogP contribution in [-0.2, 0) is 10.0 Å². The van der Waals surface area contributed by atoms with E-state index in [0.29, 0.717) is 23.2 Å². The second-order valence-electron chi connectivity index (χ2n) is 5.84. The van der Waals surface area contributed by atoms with Gasteiger partial charge in [0.05, 0.1) is 10.6 Å². The Morgan fingerprint density at radius 2 is 1.81 bits per heavy atom. The SMILES string of the molecule is CCNc1cccc2c(S(=O)(=O)NC(=O)c3onc(C)c3C)cccc12. The maximum Gasteiger partial charge on any atom is 0.303 e. The van der Waals surface area contributed by atoms with E-state index in [4.69, 9.17) is 4.52 Å². The normalized spacial score (nSPS) is 11.5. The van der Waals surface area contributed by atoms with Crippen molar-refractivity contribution in [3.05, 3.63) is 53.4 Å². The summed E-state index contributed by atoms with van der Waals surface area (Å²) in [5.41, 5.74) is 1.87. The van der Waals surface area contributed by atoms with E-state index in [1.165, 1.54) is 6.07 Å². The van der Waals surface area contributed by atoms with Gasteiger partial charge in [0.1, 0.15) is 0 Å². The second kappa shape index (κ2) is 6.80. The van der Waals surface area contributed by atoms with Crippen LogP contribution in [0.25, 0.3) is 10.8 Å². The van der Waals surface area contributed by atoms with Crippen LogP contribution in [0.4, 0.5) is 5.69 Å². The summed E-state index contributed by atoms with van der Waals surface area (Å²) in [6.07, 6.45) is 0. The molecule has 0 aliphatic heterocycles. The number of carbonyl (C=O) groups is 1. The van der Waals surface area contributed by atoms with Gasteiger partial charge in [0.25, 0.3) is 10.0 Å². The fourth-order valence-corrected chi connectivity index (χ4v) is 3.88. The van der Waals surface area contributed by atoms with Gasteiger partial charge in [-0.15, -0.1) is 0 Å². The third-order valence-corrected chi connectivity index (χ3v) is 5.52. The number of hydrogen-bond acceptors (Lipinski definition) is 6. The number of rotatable bonds is 5. The predicted molar refractivity (Wildman–Crippen MR) is 98.7 cm³/mol. The van der Waals surface area contributed by atoms with E-state index in [1.807, 2.05) is 19.1 Å². The van der Waals surface area contributed by atoms with Crippen LogP contribution in [0.2, 0.25) is 0 Å². The fourth-order valence-electron chi connectivity index (χ4n) is 2.71. The smallest absolute Gasteiger partial charge is 0.303 e. The minimum absolute atomic E-state index is 0.0250. The van der Waals surface area contributed by atoms with Crippen LogP contribution in [0.3, 0.4) is 0 Å². The molecule has 1 heterocycles. The lowest BCUT2D eigenvalue weighted by Gasteiger charge is -2.12. The molecule has 8 heteroatoms. The molecule has 0 unspecified atom stereocenters. The van der Waals surface area contributed by atoms with Crippen molar-refractivity contribution in [2.75, 3.05) is 11.9 Å². The van der Waals surface area contributed by atoms with E-state index in [-0.39, 0.29) is 10.7 Å². The molecule has 0 aliphatic carbocycles. The maximum atomic E-state index is 12.8. The van der Waals surface area contributed by atoms with Crippen molar-refractivity contribution >= 4 is 32.4 Å². The molecule has 0 saturated carbocycles. The van der Waals surface area contributed by atoms with Gasteiger partial charge in [-0.2, -0.15) is 0 Å². The molecule has 0 bridgehead atoms. The number of aromatic nitrogens is 1. The highest BCUT2D eigenvalue weighted by atomic mass is 32.2. The van der Waals surface area contributed by atoms with Crippen LogP contribution in [-0.4, -0.2) is 26.0 Å². The highest BCUT2D eigenvalue weighted by molar-refractivity contribution is 7.90. The Hall–Kier alpha value is -2.87. The molecular weight excluding hydrogens is 354 g/mol.